The minimum Gasteiger partial charge on any atom is -0.397 e. The molecular weight excluding hydrogens is 238 g/mol. The average Bonchev–Trinajstić information content (AvgIpc) is 2.41. The van der Waals surface area contributed by atoms with Crippen LogP contribution < -0.4 is 10.6 Å². The first kappa shape index (κ1) is 13.1. The smallest absolute Gasteiger partial charge is 0.232 e. The van der Waals surface area contributed by atoms with E-state index in [1.807, 2.05) is 31.2 Å². The highest BCUT2D eigenvalue weighted by Gasteiger charge is 2.12. The number of anilines is 2. The number of pyridine rings is 1. The first-order valence-electron chi connectivity index (χ1n) is 6.10. The van der Waals surface area contributed by atoms with Crippen molar-refractivity contribution in [2.75, 3.05) is 17.7 Å². The predicted octanol–water partition coefficient (Wildman–Crippen LogP) is 2.18. The van der Waals surface area contributed by atoms with Crippen LogP contribution in [0.25, 0.3) is 0 Å². The lowest BCUT2D eigenvalue weighted by molar-refractivity contribution is -0.117. The standard InChI is InChI=1S/C15H17N3O/c1-11-3-7-14(8-4-11)18(2)15(19)9-13-6-5-12(16)10-17-13/h3-8,10H,9,16H2,1-2H3. The monoisotopic (exact) mass is 255 g/mol. The van der Waals surface area contributed by atoms with Gasteiger partial charge in [0.1, 0.15) is 0 Å². The molecule has 98 valence electrons. The summed E-state index contributed by atoms with van der Waals surface area (Å²) in [4.78, 5) is 17.9. The zero-order valence-electron chi connectivity index (χ0n) is 11.1. The van der Waals surface area contributed by atoms with E-state index in [0.29, 0.717) is 5.69 Å². The molecule has 0 aliphatic rings. The SMILES string of the molecule is Cc1ccc(N(C)C(=O)Cc2ccc(N)cn2)cc1. The highest BCUT2D eigenvalue weighted by atomic mass is 16.2. The maximum atomic E-state index is 12.1. The van der Waals surface area contributed by atoms with E-state index in [9.17, 15) is 4.79 Å². The zero-order valence-corrected chi connectivity index (χ0v) is 11.1. The maximum Gasteiger partial charge on any atom is 0.232 e. The molecule has 0 atom stereocenters. The molecule has 0 radical (unpaired) electrons. The van der Waals surface area contributed by atoms with Gasteiger partial charge < -0.3 is 10.6 Å². The summed E-state index contributed by atoms with van der Waals surface area (Å²) in [5.41, 5.74) is 8.94. The number of aryl methyl sites for hydroxylation is 1. The molecule has 0 aliphatic carbocycles. The summed E-state index contributed by atoms with van der Waals surface area (Å²) in [6.07, 6.45) is 1.83. The Bertz CT molecular complexity index is 561. The van der Waals surface area contributed by atoms with E-state index < -0.39 is 0 Å². The van der Waals surface area contributed by atoms with E-state index >= 15 is 0 Å². The highest BCUT2D eigenvalue weighted by Crippen LogP contribution is 2.14. The van der Waals surface area contributed by atoms with Crippen LogP contribution in [0.4, 0.5) is 11.4 Å². The van der Waals surface area contributed by atoms with Crippen LogP contribution >= 0.6 is 0 Å². The van der Waals surface area contributed by atoms with Crippen LogP contribution in [-0.2, 0) is 11.2 Å². The quantitative estimate of drug-likeness (QED) is 0.914. The van der Waals surface area contributed by atoms with Gasteiger partial charge in [0.15, 0.2) is 0 Å². The molecule has 1 amide bonds. The van der Waals surface area contributed by atoms with Crippen molar-refractivity contribution < 1.29 is 4.79 Å². The maximum absolute atomic E-state index is 12.1. The minimum absolute atomic E-state index is 0.00104. The second-order valence-corrected chi connectivity index (χ2v) is 4.55. The number of likely N-dealkylation sites (N-methyl/N-ethyl adjacent to an activating group) is 1. The van der Waals surface area contributed by atoms with E-state index in [1.165, 1.54) is 5.56 Å². The normalized spacial score (nSPS) is 10.2. The molecular formula is C15H17N3O. The summed E-state index contributed by atoms with van der Waals surface area (Å²) in [5.74, 6) is 0.00104. The zero-order chi connectivity index (χ0) is 13.8. The van der Waals surface area contributed by atoms with Crippen LogP contribution in [-0.4, -0.2) is 17.9 Å². The highest BCUT2D eigenvalue weighted by molar-refractivity contribution is 5.94. The number of hydrogen-bond acceptors (Lipinski definition) is 3. The molecule has 0 saturated heterocycles. The Kier molecular flexibility index (Phi) is 3.80. The van der Waals surface area contributed by atoms with Crippen LogP contribution in [0.3, 0.4) is 0 Å². The number of carbonyl (C=O) groups is 1. The van der Waals surface area contributed by atoms with Gasteiger partial charge in [-0.1, -0.05) is 17.7 Å². The molecule has 0 aliphatic heterocycles. The van der Waals surface area contributed by atoms with Crippen molar-refractivity contribution in [1.82, 2.24) is 4.98 Å². The second-order valence-electron chi connectivity index (χ2n) is 4.55. The Morgan fingerprint density at radius 1 is 1.21 bits per heavy atom. The topological polar surface area (TPSA) is 59.2 Å². The lowest BCUT2D eigenvalue weighted by atomic mass is 10.2. The van der Waals surface area contributed by atoms with Gasteiger partial charge in [0, 0.05) is 18.4 Å². The molecule has 0 spiro atoms. The van der Waals surface area contributed by atoms with Gasteiger partial charge in [0.2, 0.25) is 5.91 Å². The van der Waals surface area contributed by atoms with Gasteiger partial charge in [-0.25, -0.2) is 0 Å². The molecule has 1 aromatic heterocycles. The van der Waals surface area contributed by atoms with Gasteiger partial charge in [-0.2, -0.15) is 0 Å². The van der Waals surface area contributed by atoms with Crippen molar-refractivity contribution in [1.29, 1.82) is 0 Å². The van der Waals surface area contributed by atoms with E-state index in [4.69, 9.17) is 5.73 Å². The van der Waals surface area contributed by atoms with E-state index in [1.54, 1.807) is 30.3 Å². The Labute approximate surface area is 112 Å². The van der Waals surface area contributed by atoms with E-state index in [-0.39, 0.29) is 12.3 Å². The molecule has 19 heavy (non-hydrogen) atoms. The molecule has 1 aromatic carbocycles. The van der Waals surface area contributed by atoms with E-state index in [0.717, 1.165) is 11.4 Å². The first-order chi connectivity index (χ1) is 9.06. The number of rotatable bonds is 3. The summed E-state index contributed by atoms with van der Waals surface area (Å²) < 4.78 is 0. The molecule has 0 fully saturated rings. The Hall–Kier alpha value is -2.36. The van der Waals surface area contributed by atoms with E-state index in [2.05, 4.69) is 4.98 Å². The van der Waals surface area contributed by atoms with Crippen molar-refractivity contribution in [2.45, 2.75) is 13.3 Å². The Morgan fingerprint density at radius 2 is 1.89 bits per heavy atom. The molecule has 4 nitrogen and oxygen atoms in total. The van der Waals surface area contributed by atoms with Crippen molar-refractivity contribution in [3.05, 3.63) is 53.9 Å². The summed E-state index contributed by atoms with van der Waals surface area (Å²) in [5, 5.41) is 0. The number of carbonyl (C=O) groups excluding carboxylic acids is 1. The molecule has 2 N–H and O–H groups in total. The number of nitrogens with zero attached hydrogens (tertiary/aromatic N) is 2. The van der Waals surface area contributed by atoms with Gasteiger partial charge >= 0.3 is 0 Å². The third kappa shape index (κ3) is 3.31. The molecule has 2 rings (SSSR count). The van der Waals surface area contributed by atoms with Crippen molar-refractivity contribution in [3.8, 4) is 0 Å². The third-order valence-electron chi connectivity index (χ3n) is 2.98. The fourth-order valence-electron chi connectivity index (χ4n) is 1.73. The van der Waals surface area contributed by atoms with Crippen LogP contribution in [0, 0.1) is 6.92 Å². The number of aromatic nitrogens is 1. The predicted molar refractivity (Wildman–Crippen MR) is 76.9 cm³/mol. The lowest BCUT2D eigenvalue weighted by Crippen LogP contribution is -2.28. The number of amides is 1. The summed E-state index contributed by atoms with van der Waals surface area (Å²) >= 11 is 0. The van der Waals surface area contributed by atoms with Crippen LogP contribution in [0.2, 0.25) is 0 Å². The molecule has 0 unspecified atom stereocenters. The molecule has 2 aromatic rings. The van der Waals surface area contributed by atoms with Gasteiger partial charge in [-0.15, -0.1) is 0 Å². The summed E-state index contributed by atoms with van der Waals surface area (Å²) in [7, 11) is 1.77. The molecule has 4 heteroatoms. The van der Waals surface area contributed by atoms with Crippen LogP contribution in [0.15, 0.2) is 42.6 Å². The number of hydrogen-bond donors (Lipinski definition) is 1. The fourth-order valence-corrected chi connectivity index (χ4v) is 1.73. The fraction of sp³-hybridized carbons (Fsp3) is 0.200. The molecule has 1 heterocycles. The van der Waals surface area contributed by atoms with Crippen molar-refractivity contribution in [2.24, 2.45) is 0 Å². The lowest BCUT2D eigenvalue weighted by Gasteiger charge is -2.17. The van der Waals surface area contributed by atoms with Crippen LogP contribution in [0.5, 0.6) is 0 Å². The van der Waals surface area contributed by atoms with Crippen molar-refractivity contribution in [3.63, 3.8) is 0 Å². The Morgan fingerprint density at radius 3 is 2.47 bits per heavy atom. The third-order valence-corrected chi connectivity index (χ3v) is 2.98. The van der Waals surface area contributed by atoms with Gasteiger partial charge in [0.25, 0.3) is 0 Å². The van der Waals surface area contributed by atoms with Crippen molar-refractivity contribution >= 4 is 17.3 Å². The largest absolute Gasteiger partial charge is 0.397 e. The minimum atomic E-state index is 0.00104. The number of nitrogens with two attached hydrogens (primary N) is 1. The summed E-state index contributed by atoms with van der Waals surface area (Å²) in [6, 6.07) is 11.4. The average molecular weight is 255 g/mol. The summed E-state index contributed by atoms with van der Waals surface area (Å²) in [6.45, 7) is 2.02. The number of benzene rings is 1. The molecule has 0 saturated carbocycles. The van der Waals surface area contributed by atoms with Gasteiger partial charge in [-0.3, -0.25) is 9.78 Å². The van der Waals surface area contributed by atoms with Gasteiger partial charge in [0.05, 0.1) is 18.3 Å². The van der Waals surface area contributed by atoms with Crippen LogP contribution in [0.1, 0.15) is 11.3 Å². The van der Waals surface area contributed by atoms with Gasteiger partial charge in [-0.05, 0) is 31.2 Å². The number of nitrogen functional groups attached to an aromatic ring is 1. The molecule has 0 bridgehead atoms. The Balaban J connectivity index is 2.07. The second kappa shape index (κ2) is 5.52. The first-order valence-corrected chi connectivity index (χ1v) is 6.10.